The molecule has 16 heavy (non-hydrogen) atoms. The quantitative estimate of drug-likeness (QED) is 0.711. The summed E-state index contributed by atoms with van der Waals surface area (Å²) in [4.78, 5) is 4.83. The van der Waals surface area contributed by atoms with E-state index in [4.69, 9.17) is 4.99 Å². The van der Waals surface area contributed by atoms with Gasteiger partial charge >= 0.3 is 0 Å². The van der Waals surface area contributed by atoms with E-state index in [1.807, 2.05) is 0 Å². The van der Waals surface area contributed by atoms with Gasteiger partial charge in [0.2, 0.25) is 0 Å². The molecule has 0 amide bonds. The van der Waals surface area contributed by atoms with Crippen LogP contribution >= 0.6 is 0 Å². The normalized spacial score (nSPS) is 29.6. The minimum absolute atomic E-state index is 0.194. The van der Waals surface area contributed by atoms with Crippen LogP contribution in [0, 0.1) is 5.92 Å². The fourth-order valence-corrected chi connectivity index (χ4v) is 3.04. The Bertz CT molecular complexity index is 391. The highest BCUT2D eigenvalue weighted by Gasteiger charge is 2.41. The second-order valence-electron chi connectivity index (χ2n) is 5.51. The third-order valence-electron chi connectivity index (χ3n) is 3.70. The minimum Gasteiger partial charge on any atom is -0.290 e. The van der Waals surface area contributed by atoms with E-state index in [-0.39, 0.29) is 5.41 Å². The van der Waals surface area contributed by atoms with Crippen molar-refractivity contribution in [1.82, 2.24) is 0 Å². The average Bonchev–Trinajstić information content (AvgIpc) is 2.57. The number of aliphatic imine (C=N–C) groups is 1. The lowest BCUT2D eigenvalue weighted by Gasteiger charge is -2.33. The Morgan fingerprint density at radius 1 is 1.25 bits per heavy atom. The Kier molecular flexibility index (Phi) is 2.88. The van der Waals surface area contributed by atoms with Crippen molar-refractivity contribution in [2.75, 3.05) is 0 Å². The van der Waals surface area contributed by atoms with Crippen molar-refractivity contribution in [2.24, 2.45) is 10.9 Å². The van der Waals surface area contributed by atoms with Crippen LogP contribution in [0.4, 0.5) is 0 Å². The van der Waals surface area contributed by atoms with Gasteiger partial charge in [-0.05, 0) is 24.8 Å². The minimum atomic E-state index is 0.194. The van der Waals surface area contributed by atoms with Gasteiger partial charge in [-0.25, -0.2) is 0 Å². The molecule has 0 N–H and O–H groups in total. The Morgan fingerprint density at radius 2 is 1.88 bits per heavy atom. The Hall–Kier alpha value is -1.11. The van der Waals surface area contributed by atoms with Gasteiger partial charge in [0.1, 0.15) is 0 Å². The number of nitrogens with zero attached hydrogens (tertiary/aromatic N) is 1. The summed E-state index contributed by atoms with van der Waals surface area (Å²) in [7, 11) is 0. The SMILES string of the molecule is CC1=N[C@H](C(C)C)[C@](C)(c2ccccc2)C1. The van der Waals surface area contributed by atoms with E-state index >= 15 is 0 Å². The summed E-state index contributed by atoms with van der Waals surface area (Å²) < 4.78 is 0. The van der Waals surface area contributed by atoms with Crippen molar-refractivity contribution in [3.8, 4) is 0 Å². The monoisotopic (exact) mass is 215 g/mol. The molecule has 0 bridgehead atoms. The van der Waals surface area contributed by atoms with Crippen LogP contribution in [0.15, 0.2) is 35.3 Å². The summed E-state index contributed by atoms with van der Waals surface area (Å²) in [6, 6.07) is 11.2. The van der Waals surface area contributed by atoms with E-state index in [0.717, 1.165) is 6.42 Å². The van der Waals surface area contributed by atoms with Crippen LogP contribution in [-0.4, -0.2) is 11.8 Å². The van der Waals surface area contributed by atoms with Crippen molar-refractivity contribution in [2.45, 2.75) is 45.6 Å². The van der Waals surface area contributed by atoms with E-state index in [1.165, 1.54) is 11.3 Å². The molecule has 86 valence electrons. The molecule has 0 aromatic heterocycles. The molecule has 1 aliphatic heterocycles. The maximum Gasteiger partial charge on any atom is 0.0619 e. The molecule has 0 spiro atoms. The molecular formula is C15H21N. The molecule has 1 heterocycles. The smallest absolute Gasteiger partial charge is 0.0619 e. The molecule has 0 unspecified atom stereocenters. The highest BCUT2D eigenvalue weighted by Crippen LogP contribution is 2.41. The van der Waals surface area contributed by atoms with Crippen molar-refractivity contribution >= 4 is 5.71 Å². The van der Waals surface area contributed by atoms with Crippen molar-refractivity contribution < 1.29 is 0 Å². The van der Waals surface area contributed by atoms with Crippen LogP contribution in [-0.2, 0) is 5.41 Å². The summed E-state index contributed by atoms with van der Waals surface area (Å²) in [5.74, 6) is 0.600. The zero-order chi connectivity index (χ0) is 11.8. The standard InChI is InChI=1S/C15H21N/c1-11(2)14-15(4,10-12(3)16-14)13-8-6-5-7-9-13/h5-9,11,14H,10H2,1-4H3/t14-,15+/m1/s1. The molecule has 1 aromatic carbocycles. The number of benzene rings is 1. The van der Waals surface area contributed by atoms with Gasteiger partial charge in [0, 0.05) is 11.1 Å². The Balaban J connectivity index is 2.39. The maximum absolute atomic E-state index is 4.83. The summed E-state index contributed by atoms with van der Waals surface area (Å²) in [6.07, 6.45) is 1.10. The third-order valence-corrected chi connectivity index (χ3v) is 3.70. The molecule has 1 aliphatic rings. The zero-order valence-corrected chi connectivity index (χ0v) is 10.7. The van der Waals surface area contributed by atoms with Crippen LogP contribution in [0.3, 0.4) is 0 Å². The van der Waals surface area contributed by atoms with Crippen LogP contribution in [0.5, 0.6) is 0 Å². The summed E-state index contributed by atoms with van der Waals surface area (Å²) in [5.41, 5.74) is 2.92. The highest BCUT2D eigenvalue weighted by atomic mass is 14.9. The van der Waals surface area contributed by atoms with E-state index in [2.05, 4.69) is 58.0 Å². The van der Waals surface area contributed by atoms with Crippen LogP contribution < -0.4 is 0 Å². The second kappa shape index (κ2) is 4.04. The third kappa shape index (κ3) is 1.79. The van der Waals surface area contributed by atoms with E-state index in [0.29, 0.717) is 12.0 Å². The van der Waals surface area contributed by atoms with Gasteiger partial charge < -0.3 is 0 Å². The number of hydrogen-bond donors (Lipinski definition) is 0. The fourth-order valence-electron chi connectivity index (χ4n) is 3.04. The van der Waals surface area contributed by atoms with Gasteiger partial charge in [-0.15, -0.1) is 0 Å². The van der Waals surface area contributed by atoms with Crippen molar-refractivity contribution in [3.63, 3.8) is 0 Å². The Labute approximate surface area is 98.6 Å². The first-order chi connectivity index (χ1) is 7.54. The molecule has 1 heteroatoms. The lowest BCUT2D eigenvalue weighted by molar-refractivity contribution is 0.337. The van der Waals surface area contributed by atoms with Crippen LogP contribution in [0.1, 0.15) is 39.7 Å². The van der Waals surface area contributed by atoms with Gasteiger partial charge in [0.15, 0.2) is 0 Å². The molecule has 1 aromatic rings. The topological polar surface area (TPSA) is 12.4 Å². The van der Waals surface area contributed by atoms with Crippen molar-refractivity contribution in [1.29, 1.82) is 0 Å². The van der Waals surface area contributed by atoms with E-state index in [9.17, 15) is 0 Å². The molecule has 0 saturated carbocycles. The lowest BCUT2D eigenvalue weighted by Crippen LogP contribution is -2.35. The zero-order valence-electron chi connectivity index (χ0n) is 10.7. The summed E-state index contributed by atoms with van der Waals surface area (Å²) in [6.45, 7) is 9.05. The first kappa shape index (κ1) is 11.4. The Morgan fingerprint density at radius 3 is 2.44 bits per heavy atom. The molecule has 0 saturated heterocycles. The fraction of sp³-hybridized carbons (Fsp3) is 0.533. The predicted octanol–water partition coefficient (Wildman–Crippen LogP) is 3.83. The molecule has 0 fully saturated rings. The molecule has 2 atom stereocenters. The maximum atomic E-state index is 4.83. The van der Waals surface area contributed by atoms with Crippen LogP contribution in [0.25, 0.3) is 0 Å². The molecular weight excluding hydrogens is 194 g/mol. The van der Waals surface area contributed by atoms with E-state index < -0.39 is 0 Å². The number of rotatable bonds is 2. The van der Waals surface area contributed by atoms with E-state index in [1.54, 1.807) is 0 Å². The molecule has 0 aliphatic carbocycles. The van der Waals surface area contributed by atoms with Crippen molar-refractivity contribution in [3.05, 3.63) is 35.9 Å². The highest BCUT2D eigenvalue weighted by molar-refractivity contribution is 5.86. The van der Waals surface area contributed by atoms with Gasteiger partial charge in [-0.3, -0.25) is 4.99 Å². The first-order valence-corrected chi connectivity index (χ1v) is 6.13. The molecule has 1 nitrogen and oxygen atoms in total. The summed E-state index contributed by atoms with van der Waals surface area (Å²) >= 11 is 0. The number of hydrogen-bond acceptors (Lipinski definition) is 1. The van der Waals surface area contributed by atoms with Crippen LogP contribution in [0.2, 0.25) is 0 Å². The molecule has 0 radical (unpaired) electrons. The predicted molar refractivity (Wildman–Crippen MR) is 70.1 cm³/mol. The largest absolute Gasteiger partial charge is 0.290 e. The first-order valence-electron chi connectivity index (χ1n) is 6.13. The summed E-state index contributed by atoms with van der Waals surface area (Å²) in [5, 5.41) is 0. The van der Waals surface area contributed by atoms with Gasteiger partial charge in [-0.2, -0.15) is 0 Å². The molecule has 2 rings (SSSR count). The van der Waals surface area contributed by atoms with Gasteiger partial charge in [0.25, 0.3) is 0 Å². The van der Waals surface area contributed by atoms with Gasteiger partial charge in [0.05, 0.1) is 6.04 Å². The lowest BCUT2D eigenvalue weighted by atomic mass is 9.71. The second-order valence-corrected chi connectivity index (χ2v) is 5.51. The van der Waals surface area contributed by atoms with Gasteiger partial charge in [-0.1, -0.05) is 51.1 Å². The average molecular weight is 215 g/mol.